The first-order chi connectivity index (χ1) is 8.60. The van der Waals surface area contributed by atoms with Crippen molar-refractivity contribution in [2.24, 2.45) is 0 Å². The van der Waals surface area contributed by atoms with Gasteiger partial charge in [0.25, 0.3) is 0 Å². The topological polar surface area (TPSA) is 61.3 Å². The van der Waals surface area contributed by atoms with Gasteiger partial charge in [0.15, 0.2) is 0 Å². The van der Waals surface area contributed by atoms with Gasteiger partial charge in [-0.3, -0.25) is 0 Å². The van der Waals surface area contributed by atoms with Crippen molar-refractivity contribution in [3.8, 4) is 0 Å². The molecular formula is C11H17F3N4O. The van der Waals surface area contributed by atoms with E-state index in [1.807, 2.05) is 0 Å². The van der Waals surface area contributed by atoms with Crippen LogP contribution in [0.1, 0.15) is 12.6 Å². The molecule has 0 amide bonds. The van der Waals surface area contributed by atoms with E-state index in [4.69, 9.17) is 0 Å². The highest BCUT2D eigenvalue weighted by molar-refractivity contribution is 5.26. The number of aromatic nitrogens is 2. The molecule has 8 heteroatoms. The zero-order chi connectivity index (χ0) is 14.7. The Bertz CT molecular complexity index is 421. The monoisotopic (exact) mass is 278 g/mol. The van der Waals surface area contributed by atoms with Gasteiger partial charge in [0, 0.05) is 19.3 Å². The number of hydrogen-bond donors (Lipinski definition) is 2. The van der Waals surface area contributed by atoms with E-state index in [2.05, 4.69) is 15.3 Å². The second-order valence-electron chi connectivity index (χ2n) is 4.85. The minimum atomic E-state index is -4.51. The lowest BCUT2D eigenvalue weighted by molar-refractivity contribution is -0.141. The molecule has 0 aromatic carbocycles. The molecule has 19 heavy (non-hydrogen) atoms. The maximum atomic E-state index is 12.4. The van der Waals surface area contributed by atoms with Crippen molar-refractivity contribution in [3.05, 3.63) is 18.0 Å². The van der Waals surface area contributed by atoms with Crippen LogP contribution >= 0.6 is 0 Å². The van der Waals surface area contributed by atoms with Crippen LogP contribution in [0.2, 0.25) is 0 Å². The number of anilines is 1. The number of nitrogens with one attached hydrogen (secondary N) is 1. The molecule has 1 unspecified atom stereocenters. The van der Waals surface area contributed by atoms with Gasteiger partial charge in [0.1, 0.15) is 5.69 Å². The van der Waals surface area contributed by atoms with Crippen molar-refractivity contribution in [2.75, 3.05) is 32.5 Å². The molecule has 0 saturated heterocycles. The predicted octanol–water partition coefficient (Wildman–Crippen LogP) is 1.22. The van der Waals surface area contributed by atoms with E-state index in [0.29, 0.717) is 6.54 Å². The van der Waals surface area contributed by atoms with E-state index in [9.17, 15) is 18.3 Å². The molecule has 2 N–H and O–H groups in total. The van der Waals surface area contributed by atoms with Gasteiger partial charge in [-0.15, -0.1) is 0 Å². The standard InChI is InChI=1S/C11H17F3N4O/c1-10(19,7-18(2)3)6-16-9-15-5-4-8(17-9)11(12,13)14/h4-5,19H,6-7H2,1-3H3,(H,15,16,17). The molecule has 1 aromatic heterocycles. The molecule has 0 bridgehead atoms. The van der Waals surface area contributed by atoms with E-state index >= 15 is 0 Å². The van der Waals surface area contributed by atoms with Crippen LogP contribution in [0, 0.1) is 0 Å². The molecule has 0 spiro atoms. The van der Waals surface area contributed by atoms with Crippen LogP contribution in [0.25, 0.3) is 0 Å². The maximum absolute atomic E-state index is 12.4. The van der Waals surface area contributed by atoms with Crippen LogP contribution in [0.15, 0.2) is 12.3 Å². The zero-order valence-corrected chi connectivity index (χ0v) is 11.0. The Kier molecular flexibility index (Phi) is 4.70. The van der Waals surface area contributed by atoms with Crippen LogP contribution in [0.4, 0.5) is 19.1 Å². The molecule has 0 aliphatic rings. The summed E-state index contributed by atoms with van der Waals surface area (Å²) >= 11 is 0. The molecule has 0 aliphatic carbocycles. The number of nitrogens with zero attached hydrogens (tertiary/aromatic N) is 3. The lowest BCUT2D eigenvalue weighted by atomic mass is 10.1. The first-order valence-electron chi connectivity index (χ1n) is 5.61. The molecule has 0 saturated carbocycles. The molecule has 5 nitrogen and oxygen atoms in total. The van der Waals surface area contributed by atoms with Gasteiger partial charge in [-0.2, -0.15) is 13.2 Å². The lowest BCUT2D eigenvalue weighted by Crippen LogP contribution is -2.43. The first-order valence-corrected chi connectivity index (χ1v) is 5.61. The van der Waals surface area contributed by atoms with E-state index < -0.39 is 17.5 Å². The number of aliphatic hydroxyl groups is 1. The van der Waals surface area contributed by atoms with E-state index in [0.717, 1.165) is 12.3 Å². The lowest BCUT2D eigenvalue weighted by Gasteiger charge is -2.27. The maximum Gasteiger partial charge on any atom is 0.433 e. The van der Waals surface area contributed by atoms with Crippen LogP contribution < -0.4 is 5.32 Å². The largest absolute Gasteiger partial charge is 0.433 e. The first kappa shape index (κ1) is 15.6. The van der Waals surface area contributed by atoms with Crippen molar-refractivity contribution in [2.45, 2.75) is 18.7 Å². The SMILES string of the molecule is CN(C)CC(C)(O)CNc1nccc(C(F)(F)F)n1. The summed E-state index contributed by atoms with van der Waals surface area (Å²) in [7, 11) is 3.57. The number of alkyl halides is 3. The fourth-order valence-electron chi connectivity index (χ4n) is 1.61. The highest BCUT2D eigenvalue weighted by atomic mass is 19.4. The minimum absolute atomic E-state index is 0.0481. The third-order valence-corrected chi connectivity index (χ3v) is 2.23. The Morgan fingerprint density at radius 1 is 1.37 bits per heavy atom. The predicted molar refractivity (Wildman–Crippen MR) is 64.7 cm³/mol. The van der Waals surface area contributed by atoms with Crippen LogP contribution in [-0.4, -0.2) is 52.8 Å². The molecule has 108 valence electrons. The van der Waals surface area contributed by atoms with Crippen LogP contribution in [-0.2, 0) is 6.18 Å². The second kappa shape index (κ2) is 5.70. The summed E-state index contributed by atoms with van der Waals surface area (Å²) in [6.07, 6.45) is -3.48. The van der Waals surface area contributed by atoms with E-state index in [1.54, 1.807) is 25.9 Å². The van der Waals surface area contributed by atoms with Crippen molar-refractivity contribution in [1.82, 2.24) is 14.9 Å². The van der Waals surface area contributed by atoms with Gasteiger partial charge in [-0.05, 0) is 27.1 Å². The Morgan fingerprint density at radius 3 is 2.53 bits per heavy atom. The average Bonchev–Trinajstić information content (AvgIpc) is 2.24. The van der Waals surface area contributed by atoms with Gasteiger partial charge in [0.2, 0.25) is 5.95 Å². The fourth-order valence-corrected chi connectivity index (χ4v) is 1.61. The molecular weight excluding hydrogens is 261 g/mol. The molecule has 1 heterocycles. The zero-order valence-electron chi connectivity index (χ0n) is 11.0. The van der Waals surface area contributed by atoms with Gasteiger partial charge < -0.3 is 15.3 Å². The highest BCUT2D eigenvalue weighted by Crippen LogP contribution is 2.27. The smallest absolute Gasteiger partial charge is 0.387 e. The fraction of sp³-hybridized carbons (Fsp3) is 0.636. The number of hydrogen-bond acceptors (Lipinski definition) is 5. The van der Waals surface area contributed by atoms with E-state index in [1.165, 1.54) is 0 Å². The Balaban J connectivity index is 2.68. The normalized spacial score (nSPS) is 15.4. The van der Waals surface area contributed by atoms with Gasteiger partial charge in [-0.25, -0.2) is 9.97 Å². The van der Waals surface area contributed by atoms with Crippen molar-refractivity contribution < 1.29 is 18.3 Å². The highest BCUT2D eigenvalue weighted by Gasteiger charge is 2.33. The Labute approximate surface area is 109 Å². The van der Waals surface area contributed by atoms with Crippen molar-refractivity contribution in [3.63, 3.8) is 0 Å². The van der Waals surface area contributed by atoms with Crippen LogP contribution in [0.5, 0.6) is 0 Å². The van der Waals surface area contributed by atoms with Gasteiger partial charge in [-0.1, -0.05) is 0 Å². The third-order valence-electron chi connectivity index (χ3n) is 2.23. The van der Waals surface area contributed by atoms with Gasteiger partial charge in [0.05, 0.1) is 5.60 Å². The summed E-state index contributed by atoms with van der Waals surface area (Å²) in [5, 5.41) is 12.6. The summed E-state index contributed by atoms with van der Waals surface area (Å²) < 4.78 is 37.3. The summed E-state index contributed by atoms with van der Waals surface area (Å²) in [4.78, 5) is 8.81. The Morgan fingerprint density at radius 2 is 2.00 bits per heavy atom. The third kappa shape index (κ3) is 5.39. The number of halogens is 3. The molecule has 1 aromatic rings. The van der Waals surface area contributed by atoms with Gasteiger partial charge >= 0.3 is 6.18 Å². The summed E-state index contributed by atoms with van der Waals surface area (Å²) in [6, 6.07) is 0.795. The molecule has 1 rings (SSSR count). The van der Waals surface area contributed by atoms with Crippen LogP contribution in [0.3, 0.4) is 0 Å². The second-order valence-corrected chi connectivity index (χ2v) is 4.85. The Hall–Kier alpha value is -1.41. The van der Waals surface area contributed by atoms with Crippen molar-refractivity contribution in [1.29, 1.82) is 0 Å². The molecule has 0 radical (unpaired) electrons. The summed E-state index contributed by atoms with van der Waals surface area (Å²) in [5.74, 6) is -0.158. The average molecular weight is 278 g/mol. The molecule has 1 atom stereocenters. The number of likely N-dealkylation sites (N-methyl/N-ethyl adjacent to an activating group) is 1. The van der Waals surface area contributed by atoms with E-state index in [-0.39, 0.29) is 12.5 Å². The molecule has 0 aliphatic heterocycles. The summed E-state index contributed by atoms with van der Waals surface area (Å²) in [5.41, 5.74) is -2.11. The van der Waals surface area contributed by atoms with Crippen molar-refractivity contribution >= 4 is 5.95 Å². The quantitative estimate of drug-likeness (QED) is 0.848. The summed E-state index contributed by atoms with van der Waals surface area (Å²) in [6.45, 7) is 1.99. The minimum Gasteiger partial charge on any atom is -0.387 e. The molecule has 0 fully saturated rings. The number of rotatable bonds is 5.